The average molecular weight is 276 g/mol. The molecule has 0 radical (unpaired) electrons. The molecule has 0 aliphatic carbocycles. The van der Waals surface area contributed by atoms with Crippen LogP contribution in [0.1, 0.15) is 34.6 Å². The minimum atomic E-state index is -1.05. The van der Waals surface area contributed by atoms with Crippen molar-refractivity contribution in [2.24, 2.45) is 0 Å². The number of hydrogen-bond acceptors (Lipinski definition) is 6. The third-order valence-electron chi connectivity index (χ3n) is 3.15. The van der Waals surface area contributed by atoms with E-state index in [1.54, 1.807) is 13.8 Å². The number of fused-ring (bicyclic) bond motifs is 1. The van der Waals surface area contributed by atoms with Gasteiger partial charge in [0.1, 0.15) is 24.4 Å². The number of aliphatic hydroxyl groups is 2. The Kier molecular flexibility index (Phi) is 3.94. The van der Waals surface area contributed by atoms with Crippen LogP contribution < -0.4 is 0 Å². The molecule has 0 aromatic rings. The van der Waals surface area contributed by atoms with Gasteiger partial charge >= 0.3 is 0 Å². The standard InChI is InChI=1S/C13H24O6/c1-12(2,3)16-6-7-8(14)9(15)10-11(17-7)19-13(4,5)18-10/h7-11,14-15H,6H2,1-5H3/t7-,8-,9+,10-,11?/m1/s1. The number of rotatable bonds is 2. The smallest absolute Gasteiger partial charge is 0.190 e. The highest BCUT2D eigenvalue weighted by molar-refractivity contribution is 4.94. The van der Waals surface area contributed by atoms with Crippen molar-refractivity contribution in [3.63, 3.8) is 0 Å². The van der Waals surface area contributed by atoms with Crippen LogP contribution in [0.4, 0.5) is 0 Å². The summed E-state index contributed by atoms with van der Waals surface area (Å²) >= 11 is 0. The van der Waals surface area contributed by atoms with Crippen molar-refractivity contribution in [3.8, 4) is 0 Å². The van der Waals surface area contributed by atoms with E-state index in [1.807, 2.05) is 20.8 Å². The van der Waals surface area contributed by atoms with Gasteiger partial charge in [0.15, 0.2) is 12.1 Å². The lowest BCUT2D eigenvalue weighted by Crippen LogP contribution is -2.58. The first-order valence-corrected chi connectivity index (χ1v) is 6.60. The quantitative estimate of drug-likeness (QED) is 0.760. The van der Waals surface area contributed by atoms with Gasteiger partial charge in [0.25, 0.3) is 0 Å². The van der Waals surface area contributed by atoms with Crippen molar-refractivity contribution in [2.45, 2.75) is 76.7 Å². The molecular formula is C13H24O6. The molecule has 0 aromatic carbocycles. The van der Waals surface area contributed by atoms with Crippen molar-refractivity contribution in [1.29, 1.82) is 0 Å². The number of hydrogen-bond donors (Lipinski definition) is 2. The maximum Gasteiger partial charge on any atom is 0.190 e. The molecule has 2 fully saturated rings. The van der Waals surface area contributed by atoms with E-state index < -0.39 is 36.5 Å². The van der Waals surface area contributed by atoms with Gasteiger partial charge in [-0.05, 0) is 34.6 Å². The first-order valence-electron chi connectivity index (χ1n) is 6.60. The summed E-state index contributed by atoms with van der Waals surface area (Å²) in [6, 6.07) is 0. The SMILES string of the molecule is CC(C)(C)OC[C@H]1OC2OC(C)(C)O[C@@H]2[C@@H](O)[C@@H]1O. The molecule has 0 saturated carbocycles. The molecule has 2 rings (SSSR count). The summed E-state index contributed by atoms with van der Waals surface area (Å²) in [6.45, 7) is 9.43. The van der Waals surface area contributed by atoms with Gasteiger partial charge in [-0.25, -0.2) is 0 Å². The summed E-state index contributed by atoms with van der Waals surface area (Å²) < 4.78 is 22.3. The van der Waals surface area contributed by atoms with E-state index in [0.29, 0.717) is 0 Å². The molecular weight excluding hydrogens is 252 g/mol. The van der Waals surface area contributed by atoms with Crippen molar-refractivity contribution >= 4 is 0 Å². The molecule has 6 heteroatoms. The lowest BCUT2D eigenvalue weighted by Gasteiger charge is -2.38. The van der Waals surface area contributed by atoms with Crippen molar-refractivity contribution in [2.75, 3.05) is 6.61 Å². The van der Waals surface area contributed by atoms with Crippen LogP contribution in [0.5, 0.6) is 0 Å². The number of ether oxygens (including phenoxy) is 4. The van der Waals surface area contributed by atoms with Gasteiger partial charge in [-0.15, -0.1) is 0 Å². The van der Waals surface area contributed by atoms with E-state index in [1.165, 1.54) is 0 Å². The van der Waals surface area contributed by atoms with Gasteiger partial charge < -0.3 is 29.2 Å². The fraction of sp³-hybridized carbons (Fsp3) is 1.00. The molecule has 2 N–H and O–H groups in total. The van der Waals surface area contributed by atoms with Crippen LogP contribution >= 0.6 is 0 Å². The Morgan fingerprint density at radius 3 is 2.32 bits per heavy atom. The minimum absolute atomic E-state index is 0.189. The molecule has 6 nitrogen and oxygen atoms in total. The second-order valence-corrected chi connectivity index (χ2v) is 6.55. The van der Waals surface area contributed by atoms with Crippen LogP contribution in [0, 0.1) is 0 Å². The van der Waals surface area contributed by atoms with Gasteiger partial charge in [0.05, 0.1) is 12.2 Å². The fourth-order valence-corrected chi connectivity index (χ4v) is 2.23. The molecule has 2 heterocycles. The molecule has 0 spiro atoms. The Hall–Kier alpha value is -0.240. The third-order valence-corrected chi connectivity index (χ3v) is 3.15. The Labute approximate surface area is 113 Å². The topological polar surface area (TPSA) is 77.4 Å². The number of aliphatic hydroxyl groups excluding tert-OH is 2. The highest BCUT2D eigenvalue weighted by atomic mass is 16.8. The zero-order chi connectivity index (χ0) is 14.4. The molecule has 112 valence electrons. The zero-order valence-electron chi connectivity index (χ0n) is 12.1. The second-order valence-electron chi connectivity index (χ2n) is 6.55. The van der Waals surface area contributed by atoms with Gasteiger partial charge in [0, 0.05) is 0 Å². The molecule has 1 unspecified atom stereocenters. The van der Waals surface area contributed by atoms with Crippen LogP contribution in [-0.4, -0.2) is 58.9 Å². The summed E-state index contributed by atoms with van der Waals surface area (Å²) in [6.07, 6.45) is -4.08. The van der Waals surface area contributed by atoms with E-state index in [2.05, 4.69) is 0 Å². The van der Waals surface area contributed by atoms with Crippen LogP contribution in [-0.2, 0) is 18.9 Å². The summed E-state index contributed by atoms with van der Waals surface area (Å²) in [4.78, 5) is 0. The maximum atomic E-state index is 10.1. The van der Waals surface area contributed by atoms with E-state index in [-0.39, 0.29) is 12.2 Å². The normalized spacial score (nSPS) is 42.2. The minimum Gasteiger partial charge on any atom is -0.387 e. The Bertz CT molecular complexity index is 324. The monoisotopic (exact) mass is 276 g/mol. The third kappa shape index (κ3) is 3.45. The predicted octanol–water partition coefficient (Wildman–Crippen LogP) is 0.400. The predicted molar refractivity (Wildman–Crippen MR) is 66.4 cm³/mol. The first kappa shape index (κ1) is 15.2. The van der Waals surface area contributed by atoms with Crippen molar-refractivity contribution < 1.29 is 29.2 Å². The Balaban J connectivity index is 2.01. The van der Waals surface area contributed by atoms with E-state index in [0.717, 1.165) is 0 Å². The zero-order valence-corrected chi connectivity index (χ0v) is 12.1. The largest absolute Gasteiger partial charge is 0.387 e. The summed E-state index contributed by atoms with van der Waals surface area (Å²) in [7, 11) is 0. The van der Waals surface area contributed by atoms with Gasteiger partial charge in [0.2, 0.25) is 0 Å². The first-order chi connectivity index (χ1) is 8.59. The molecule has 0 bridgehead atoms. The van der Waals surface area contributed by atoms with Crippen LogP contribution in [0.2, 0.25) is 0 Å². The Morgan fingerprint density at radius 2 is 1.74 bits per heavy atom. The molecule has 2 saturated heterocycles. The van der Waals surface area contributed by atoms with E-state index in [9.17, 15) is 10.2 Å². The summed E-state index contributed by atoms with van der Waals surface area (Å²) in [5.74, 6) is -0.824. The highest BCUT2D eigenvalue weighted by Gasteiger charge is 2.53. The molecule has 19 heavy (non-hydrogen) atoms. The van der Waals surface area contributed by atoms with Gasteiger partial charge in [-0.2, -0.15) is 0 Å². The van der Waals surface area contributed by atoms with Crippen LogP contribution in [0.15, 0.2) is 0 Å². The second kappa shape index (κ2) is 4.95. The van der Waals surface area contributed by atoms with Crippen molar-refractivity contribution in [3.05, 3.63) is 0 Å². The van der Waals surface area contributed by atoms with Gasteiger partial charge in [-0.3, -0.25) is 0 Å². The lowest BCUT2D eigenvalue weighted by atomic mass is 9.99. The van der Waals surface area contributed by atoms with E-state index >= 15 is 0 Å². The average Bonchev–Trinajstić information content (AvgIpc) is 2.55. The fourth-order valence-electron chi connectivity index (χ4n) is 2.23. The molecule has 2 aliphatic heterocycles. The Morgan fingerprint density at radius 1 is 1.11 bits per heavy atom. The molecule has 0 aromatic heterocycles. The molecule has 2 aliphatic rings. The highest BCUT2D eigenvalue weighted by Crippen LogP contribution is 2.36. The summed E-state index contributed by atoms with van der Waals surface area (Å²) in [5, 5.41) is 20.2. The lowest BCUT2D eigenvalue weighted by molar-refractivity contribution is -0.264. The molecule has 0 amide bonds. The van der Waals surface area contributed by atoms with Crippen molar-refractivity contribution in [1.82, 2.24) is 0 Å². The maximum absolute atomic E-state index is 10.1. The van der Waals surface area contributed by atoms with Crippen LogP contribution in [0.25, 0.3) is 0 Å². The van der Waals surface area contributed by atoms with Crippen LogP contribution in [0.3, 0.4) is 0 Å². The molecule has 5 atom stereocenters. The van der Waals surface area contributed by atoms with Gasteiger partial charge in [-0.1, -0.05) is 0 Å². The van der Waals surface area contributed by atoms with E-state index in [4.69, 9.17) is 18.9 Å². The summed E-state index contributed by atoms with van der Waals surface area (Å²) in [5.41, 5.74) is -0.336.